The van der Waals surface area contributed by atoms with E-state index in [-0.39, 0.29) is 6.54 Å². The van der Waals surface area contributed by atoms with E-state index in [0.717, 1.165) is 12.3 Å². The Hall–Kier alpha value is -1.80. The van der Waals surface area contributed by atoms with Crippen LogP contribution in [-0.2, 0) is 6.54 Å². The predicted octanol–water partition coefficient (Wildman–Crippen LogP) is 1.31. The molecule has 2 aromatic heterocycles. The molecule has 2 aromatic rings. The highest BCUT2D eigenvalue weighted by atomic mass is 35.5. The van der Waals surface area contributed by atoms with E-state index in [1.165, 1.54) is 22.1 Å². The summed E-state index contributed by atoms with van der Waals surface area (Å²) in [6.07, 6.45) is 2.61. The van der Waals surface area contributed by atoms with Gasteiger partial charge in [0, 0.05) is 12.3 Å². The summed E-state index contributed by atoms with van der Waals surface area (Å²) < 4.78 is 1.78. The van der Waals surface area contributed by atoms with Crippen LogP contribution in [0.15, 0.2) is 23.3 Å². The molecule has 0 aliphatic rings. The fourth-order valence-electron chi connectivity index (χ4n) is 1.20. The maximum absolute atomic E-state index is 11.2. The lowest BCUT2D eigenvalue weighted by atomic mass is 10.4. The molecule has 0 saturated heterocycles. The predicted molar refractivity (Wildman–Crippen MR) is 61.4 cm³/mol. The zero-order valence-electron chi connectivity index (χ0n) is 8.24. The third kappa shape index (κ3) is 2.66. The van der Waals surface area contributed by atoms with Crippen molar-refractivity contribution in [2.24, 2.45) is 0 Å². The summed E-state index contributed by atoms with van der Waals surface area (Å²) in [5.74, 6) is 0. The number of aromatic nitrogens is 3. The lowest BCUT2D eigenvalue weighted by molar-refractivity contribution is -0.386. The Bertz CT molecular complexity index is 623. The van der Waals surface area contributed by atoms with Gasteiger partial charge in [0.25, 0.3) is 5.43 Å². The summed E-state index contributed by atoms with van der Waals surface area (Å²) in [5.41, 5.74) is -1.09. The van der Waals surface area contributed by atoms with Crippen LogP contribution < -0.4 is 5.43 Å². The summed E-state index contributed by atoms with van der Waals surface area (Å²) >= 11 is 6.79. The van der Waals surface area contributed by atoms with Crippen molar-refractivity contribution < 1.29 is 4.92 Å². The van der Waals surface area contributed by atoms with Crippen molar-refractivity contribution in [3.05, 3.63) is 48.3 Å². The number of halogens is 1. The molecule has 0 bridgehead atoms. The first kappa shape index (κ1) is 11.7. The van der Waals surface area contributed by atoms with Crippen LogP contribution in [-0.4, -0.2) is 19.7 Å². The maximum atomic E-state index is 11.2. The molecule has 9 heteroatoms. The molecule has 7 nitrogen and oxygen atoms in total. The molecule has 0 aliphatic heterocycles. The fraction of sp³-hybridized carbons (Fsp3) is 0.125. The molecule has 0 aromatic carbocycles. The van der Waals surface area contributed by atoms with Crippen molar-refractivity contribution in [1.82, 2.24) is 14.8 Å². The molecule has 0 radical (unpaired) electrons. The second kappa shape index (κ2) is 4.60. The van der Waals surface area contributed by atoms with Gasteiger partial charge in [0.15, 0.2) is 0 Å². The highest BCUT2D eigenvalue weighted by molar-refractivity contribution is 7.15. The first-order chi connectivity index (χ1) is 8.06. The lowest BCUT2D eigenvalue weighted by Crippen LogP contribution is -2.11. The van der Waals surface area contributed by atoms with Crippen LogP contribution >= 0.6 is 22.9 Å². The number of hydrogen-bond donors (Lipinski definition) is 0. The molecule has 88 valence electrons. The third-order valence-corrected chi connectivity index (χ3v) is 2.92. The van der Waals surface area contributed by atoms with Gasteiger partial charge in [-0.25, -0.2) is 0 Å². The van der Waals surface area contributed by atoms with E-state index in [0.29, 0.717) is 9.47 Å². The molecule has 0 N–H and O–H groups in total. The van der Waals surface area contributed by atoms with Crippen LogP contribution in [0.4, 0.5) is 5.69 Å². The summed E-state index contributed by atoms with van der Waals surface area (Å²) in [4.78, 5) is 21.0. The van der Waals surface area contributed by atoms with E-state index in [9.17, 15) is 14.9 Å². The van der Waals surface area contributed by atoms with Crippen LogP contribution in [0.25, 0.3) is 0 Å². The van der Waals surface area contributed by atoms with Gasteiger partial charge in [-0.3, -0.25) is 14.9 Å². The smallest absolute Gasteiger partial charge is 0.332 e. The van der Waals surface area contributed by atoms with Gasteiger partial charge in [0.05, 0.1) is 17.7 Å². The van der Waals surface area contributed by atoms with Gasteiger partial charge in [-0.2, -0.15) is 0 Å². The van der Waals surface area contributed by atoms with Crippen molar-refractivity contribution in [2.75, 3.05) is 0 Å². The highest BCUT2D eigenvalue weighted by Gasteiger charge is 2.12. The minimum atomic E-state index is -0.716. The number of pyridine rings is 1. The van der Waals surface area contributed by atoms with Crippen LogP contribution in [0.5, 0.6) is 0 Å². The first-order valence-electron chi connectivity index (χ1n) is 4.38. The molecular formula is C8H5ClN4O3S. The molecule has 0 aliphatic carbocycles. The Morgan fingerprint density at radius 3 is 2.88 bits per heavy atom. The van der Waals surface area contributed by atoms with Crippen molar-refractivity contribution >= 4 is 28.6 Å². The Kier molecular flexibility index (Phi) is 3.16. The Morgan fingerprint density at radius 1 is 1.53 bits per heavy atom. The van der Waals surface area contributed by atoms with E-state index in [2.05, 4.69) is 10.2 Å². The third-order valence-electron chi connectivity index (χ3n) is 1.91. The average Bonchev–Trinajstić information content (AvgIpc) is 2.66. The first-order valence-corrected chi connectivity index (χ1v) is 5.58. The molecule has 17 heavy (non-hydrogen) atoms. The molecule has 0 amide bonds. The SMILES string of the molecule is O=c1ccn(Cc2nnc(Cl)s2)cc1[N+](=O)[O-]. The summed E-state index contributed by atoms with van der Waals surface area (Å²) in [6.45, 7) is 0.283. The van der Waals surface area contributed by atoms with Gasteiger partial charge in [-0.1, -0.05) is 11.3 Å². The van der Waals surface area contributed by atoms with Crippen LogP contribution in [0.3, 0.4) is 0 Å². The van der Waals surface area contributed by atoms with Crippen molar-refractivity contribution in [2.45, 2.75) is 6.54 Å². The summed E-state index contributed by atoms with van der Waals surface area (Å²) in [7, 11) is 0. The van der Waals surface area contributed by atoms with Gasteiger partial charge < -0.3 is 4.57 Å². The minimum absolute atomic E-state index is 0.283. The molecule has 0 unspecified atom stereocenters. The Morgan fingerprint density at radius 2 is 2.29 bits per heavy atom. The van der Waals surface area contributed by atoms with Crippen molar-refractivity contribution in [3.8, 4) is 0 Å². The van der Waals surface area contributed by atoms with Crippen molar-refractivity contribution in [1.29, 1.82) is 0 Å². The summed E-state index contributed by atoms with van der Waals surface area (Å²) in [5, 5.41) is 18.6. The van der Waals surface area contributed by atoms with E-state index < -0.39 is 16.0 Å². The highest BCUT2D eigenvalue weighted by Crippen LogP contribution is 2.16. The molecular weight excluding hydrogens is 268 g/mol. The Balaban J connectivity index is 2.31. The average molecular weight is 273 g/mol. The molecule has 2 rings (SSSR count). The molecule has 0 saturated carbocycles. The number of nitrogens with zero attached hydrogens (tertiary/aromatic N) is 4. The molecule has 2 heterocycles. The van der Waals surface area contributed by atoms with Gasteiger partial charge in [0.1, 0.15) is 5.01 Å². The van der Waals surface area contributed by atoms with Gasteiger partial charge in [-0.15, -0.1) is 10.2 Å². The topological polar surface area (TPSA) is 90.9 Å². The van der Waals surface area contributed by atoms with E-state index in [1.54, 1.807) is 0 Å². The second-order valence-corrected chi connectivity index (χ2v) is 4.72. The van der Waals surface area contributed by atoms with E-state index in [4.69, 9.17) is 11.6 Å². The fourth-order valence-corrected chi connectivity index (χ4v) is 2.08. The van der Waals surface area contributed by atoms with Crippen LogP contribution in [0.2, 0.25) is 4.47 Å². The molecule has 0 atom stereocenters. The van der Waals surface area contributed by atoms with Gasteiger partial charge >= 0.3 is 5.69 Å². The lowest BCUT2D eigenvalue weighted by Gasteiger charge is -2.01. The van der Waals surface area contributed by atoms with Crippen LogP contribution in [0.1, 0.15) is 5.01 Å². The molecule has 0 fully saturated rings. The zero-order chi connectivity index (χ0) is 12.4. The number of nitro groups is 1. The van der Waals surface area contributed by atoms with E-state index >= 15 is 0 Å². The largest absolute Gasteiger partial charge is 0.341 e. The van der Waals surface area contributed by atoms with Crippen LogP contribution in [0, 0.1) is 10.1 Å². The number of rotatable bonds is 3. The molecule has 0 spiro atoms. The Labute approximate surface area is 103 Å². The van der Waals surface area contributed by atoms with Gasteiger partial charge in [-0.05, 0) is 11.6 Å². The normalized spacial score (nSPS) is 10.4. The van der Waals surface area contributed by atoms with Gasteiger partial charge in [0.2, 0.25) is 4.47 Å². The number of hydrogen-bond acceptors (Lipinski definition) is 6. The standard InChI is InChI=1S/C8H5ClN4O3S/c9-8-11-10-7(17-8)4-12-2-1-6(14)5(3-12)13(15)16/h1-3H,4H2. The minimum Gasteiger partial charge on any atom is -0.341 e. The van der Waals surface area contributed by atoms with Crippen molar-refractivity contribution in [3.63, 3.8) is 0 Å². The summed E-state index contributed by atoms with van der Waals surface area (Å²) in [6, 6.07) is 1.14. The quantitative estimate of drug-likeness (QED) is 0.620. The van der Waals surface area contributed by atoms with E-state index in [1.807, 2.05) is 0 Å². The zero-order valence-corrected chi connectivity index (χ0v) is 9.81. The maximum Gasteiger partial charge on any atom is 0.332 e. The monoisotopic (exact) mass is 272 g/mol. The second-order valence-electron chi connectivity index (χ2n) is 3.07.